The topological polar surface area (TPSA) is 70.9 Å². The normalized spacial score (nSPS) is 17.1. The van der Waals surface area contributed by atoms with Gasteiger partial charge in [-0.1, -0.05) is 5.16 Å². The molecule has 1 fully saturated rings. The van der Waals surface area contributed by atoms with Gasteiger partial charge in [0, 0.05) is 5.69 Å². The van der Waals surface area contributed by atoms with Crippen molar-refractivity contribution in [3.05, 3.63) is 24.3 Å². The highest BCUT2D eigenvalue weighted by Gasteiger charge is 2.53. The first-order valence-electron chi connectivity index (χ1n) is 5.77. The number of nitrogens with zero attached hydrogens (tertiary/aromatic N) is 1. The van der Waals surface area contributed by atoms with Crippen molar-refractivity contribution in [3.63, 3.8) is 0 Å². The summed E-state index contributed by atoms with van der Waals surface area (Å²) in [4.78, 5) is 12.1. The summed E-state index contributed by atoms with van der Waals surface area (Å²) in [6.07, 6.45) is 1.45. The Kier molecular flexibility index (Phi) is 3.23. The molecule has 0 bridgehead atoms. The molecule has 1 aromatic rings. The molecule has 5 heteroatoms. The van der Waals surface area contributed by atoms with Gasteiger partial charge in [-0.2, -0.15) is 0 Å². The summed E-state index contributed by atoms with van der Waals surface area (Å²) in [5, 5.41) is 14.8. The van der Waals surface area contributed by atoms with E-state index in [9.17, 15) is 4.79 Å². The number of methoxy groups -OCH3 is 1. The molecule has 0 aromatic heterocycles. The quantitative estimate of drug-likeness (QED) is 0.488. The van der Waals surface area contributed by atoms with Gasteiger partial charge < -0.3 is 15.3 Å². The molecule has 2 N–H and O–H groups in total. The fourth-order valence-electron chi connectivity index (χ4n) is 1.90. The van der Waals surface area contributed by atoms with Crippen molar-refractivity contribution in [1.29, 1.82) is 0 Å². The molecule has 0 heterocycles. The third kappa shape index (κ3) is 2.16. The maximum Gasteiger partial charge on any atom is 0.236 e. The highest BCUT2D eigenvalue weighted by Crippen LogP contribution is 2.47. The van der Waals surface area contributed by atoms with Crippen LogP contribution in [0.3, 0.4) is 0 Å². The summed E-state index contributed by atoms with van der Waals surface area (Å²) in [6, 6.07) is 7.11. The van der Waals surface area contributed by atoms with Gasteiger partial charge in [-0.3, -0.25) is 4.79 Å². The SMILES string of the molecule is COc1ccc(NC(=O)C2(/C(C)=N/O)CC2)cc1. The number of carbonyl (C=O) groups is 1. The lowest BCUT2D eigenvalue weighted by Gasteiger charge is -2.14. The van der Waals surface area contributed by atoms with E-state index < -0.39 is 5.41 Å². The molecule has 5 nitrogen and oxygen atoms in total. The van der Waals surface area contributed by atoms with Crippen molar-refractivity contribution in [1.82, 2.24) is 0 Å². The summed E-state index contributed by atoms with van der Waals surface area (Å²) in [6.45, 7) is 1.67. The second-order valence-electron chi connectivity index (χ2n) is 4.45. The van der Waals surface area contributed by atoms with E-state index in [1.165, 1.54) is 0 Å². The van der Waals surface area contributed by atoms with Crippen LogP contribution in [0.1, 0.15) is 19.8 Å². The van der Waals surface area contributed by atoms with Gasteiger partial charge >= 0.3 is 0 Å². The molecule has 1 saturated carbocycles. The van der Waals surface area contributed by atoms with Crippen molar-refractivity contribution in [2.75, 3.05) is 12.4 Å². The summed E-state index contributed by atoms with van der Waals surface area (Å²) in [5.74, 6) is 0.616. The van der Waals surface area contributed by atoms with Crippen molar-refractivity contribution >= 4 is 17.3 Å². The van der Waals surface area contributed by atoms with Crippen LogP contribution in [0.4, 0.5) is 5.69 Å². The van der Waals surface area contributed by atoms with E-state index in [-0.39, 0.29) is 5.91 Å². The van der Waals surface area contributed by atoms with Crippen LogP contribution in [0.25, 0.3) is 0 Å². The Bertz CT molecular complexity index is 476. The zero-order valence-electron chi connectivity index (χ0n) is 10.4. The average molecular weight is 248 g/mol. The fraction of sp³-hybridized carbons (Fsp3) is 0.385. The van der Waals surface area contributed by atoms with Crippen molar-refractivity contribution in [2.45, 2.75) is 19.8 Å². The highest BCUT2D eigenvalue weighted by atomic mass is 16.5. The predicted octanol–water partition coefficient (Wildman–Crippen LogP) is 2.26. The molecule has 1 aromatic carbocycles. The first-order chi connectivity index (χ1) is 8.62. The standard InChI is InChI=1S/C13H16N2O3/c1-9(15-17)13(7-8-13)12(16)14-10-3-5-11(18-2)6-4-10/h3-6,17H,7-8H2,1-2H3,(H,14,16)/b15-9+. The lowest BCUT2D eigenvalue weighted by atomic mass is 10.0. The Balaban J connectivity index is 2.07. The number of carbonyl (C=O) groups excluding carboxylic acids is 1. The molecule has 0 unspecified atom stereocenters. The molecule has 0 saturated heterocycles. The molecule has 0 aliphatic heterocycles. The van der Waals surface area contributed by atoms with Gasteiger partial charge in [0.1, 0.15) is 5.75 Å². The number of amides is 1. The maximum absolute atomic E-state index is 12.1. The number of hydrogen-bond acceptors (Lipinski definition) is 4. The smallest absolute Gasteiger partial charge is 0.236 e. The Morgan fingerprint density at radius 3 is 2.44 bits per heavy atom. The molecule has 0 spiro atoms. The summed E-state index contributed by atoms with van der Waals surface area (Å²) in [5.41, 5.74) is 0.556. The van der Waals surface area contributed by atoms with Gasteiger partial charge in [0.2, 0.25) is 5.91 Å². The lowest BCUT2D eigenvalue weighted by Crippen LogP contribution is -2.30. The molecule has 1 amide bonds. The van der Waals surface area contributed by atoms with Crippen LogP contribution in [0, 0.1) is 5.41 Å². The Morgan fingerprint density at radius 2 is 2.00 bits per heavy atom. The molecular weight excluding hydrogens is 232 g/mol. The van der Waals surface area contributed by atoms with Crippen molar-refractivity contribution < 1.29 is 14.7 Å². The number of hydrogen-bond donors (Lipinski definition) is 2. The minimum Gasteiger partial charge on any atom is -0.497 e. The van der Waals surface area contributed by atoms with Crippen molar-refractivity contribution in [3.8, 4) is 5.75 Å². The van der Waals surface area contributed by atoms with Crippen LogP contribution < -0.4 is 10.1 Å². The van der Waals surface area contributed by atoms with E-state index in [1.54, 1.807) is 38.3 Å². The number of oxime groups is 1. The molecule has 2 rings (SSSR count). The van der Waals surface area contributed by atoms with Crippen LogP contribution in [0.2, 0.25) is 0 Å². The van der Waals surface area contributed by atoms with Gasteiger partial charge in [-0.15, -0.1) is 0 Å². The highest BCUT2D eigenvalue weighted by molar-refractivity contribution is 6.14. The van der Waals surface area contributed by atoms with Gasteiger partial charge in [-0.05, 0) is 44.0 Å². The Morgan fingerprint density at radius 1 is 1.39 bits per heavy atom. The third-order valence-electron chi connectivity index (χ3n) is 3.38. The number of anilines is 1. The third-order valence-corrected chi connectivity index (χ3v) is 3.38. The van der Waals surface area contributed by atoms with Gasteiger partial charge in [0.25, 0.3) is 0 Å². The number of ether oxygens (including phenoxy) is 1. The molecule has 0 atom stereocenters. The van der Waals surface area contributed by atoms with Gasteiger partial charge in [-0.25, -0.2) is 0 Å². The monoisotopic (exact) mass is 248 g/mol. The van der Waals surface area contributed by atoms with Crippen LogP contribution >= 0.6 is 0 Å². The maximum atomic E-state index is 12.1. The fourth-order valence-corrected chi connectivity index (χ4v) is 1.90. The van der Waals surface area contributed by atoms with Gasteiger partial charge in [0.15, 0.2) is 0 Å². The van der Waals surface area contributed by atoms with Crippen molar-refractivity contribution in [2.24, 2.45) is 10.6 Å². The Labute approximate surface area is 105 Å². The van der Waals surface area contributed by atoms with E-state index in [0.29, 0.717) is 11.4 Å². The molecule has 1 aliphatic rings. The summed E-state index contributed by atoms with van der Waals surface area (Å²) >= 11 is 0. The van der Waals surface area contributed by atoms with Gasteiger partial charge in [0.05, 0.1) is 18.2 Å². The number of benzene rings is 1. The first kappa shape index (κ1) is 12.4. The molecule has 1 aliphatic carbocycles. The van der Waals surface area contributed by atoms with Crippen LogP contribution in [-0.4, -0.2) is 23.9 Å². The summed E-state index contributed by atoms with van der Waals surface area (Å²) < 4.78 is 5.04. The van der Waals surface area contributed by atoms with Crippen LogP contribution in [-0.2, 0) is 4.79 Å². The second-order valence-corrected chi connectivity index (χ2v) is 4.45. The van der Waals surface area contributed by atoms with E-state index in [2.05, 4.69) is 10.5 Å². The second kappa shape index (κ2) is 4.68. The molecule has 96 valence electrons. The summed E-state index contributed by atoms with van der Waals surface area (Å²) in [7, 11) is 1.59. The Hall–Kier alpha value is -2.04. The minimum absolute atomic E-state index is 0.122. The zero-order chi connectivity index (χ0) is 13.2. The first-order valence-corrected chi connectivity index (χ1v) is 5.77. The van der Waals surface area contributed by atoms with Crippen LogP contribution in [0.5, 0.6) is 5.75 Å². The minimum atomic E-state index is -0.616. The van der Waals surface area contributed by atoms with E-state index >= 15 is 0 Å². The van der Waals surface area contributed by atoms with E-state index in [0.717, 1.165) is 18.6 Å². The number of rotatable bonds is 4. The lowest BCUT2D eigenvalue weighted by molar-refractivity contribution is -0.119. The molecule has 0 radical (unpaired) electrons. The predicted molar refractivity (Wildman–Crippen MR) is 68.2 cm³/mol. The number of nitrogens with one attached hydrogen (secondary N) is 1. The van der Waals surface area contributed by atoms with Crippen LogP contribution in [0.15, 0.2) is 29.4 Å². The largest absolute Gasteiger partial charge is 0.497 e. The molecule has 18 heavy (non-hydrogen) atoms. The molecular formula is C13H16N2O3. The van der Waals surface area contributed by atoms with E-state index in [1.807, 2.05) is 0 Å². The van der Waals surface area contributed by atoms with E-state index in [4.69, 9.17) is 9.94 Å². The average Bonchev–Trinajstić information content (AvgIpc) is 3.20. The zero-order valence-corrected chi connectivity index (χ0v) is 10.4.